The highest BCUT2D eigenvalue weighted by Crippen LogP contribution is 2.26. The highest BCUT2D eigenvalue weighted by Gasteiger charge is 2.36. The molecule has 0 aliphatic carbocycles. The number of unbranched alkanes of at least 4 members (excludes halogenated alkanes) is 4. The van der Waals surface area contributed by atoms with Crippen molar-refractivity contribution in [2.45, 2.75) is 77.5 Å². The molecule has 1 rings (SSSR count). The van der Waals surface area contributed by atoms with Gasteiger partial charge in [0.2, 0.25) is 11.8 Å². The average molecular weight is 540 g/mol. The van der Waals surface area contributed by atoms with Crippen LogP contribution >= 0.6 is 12.6 Å². The second-order valence-electron chi connectivity index (χ2n) is 9.62. The molecule has 0 spiro atoms. The minimum atomic E-state index is -1.18. The maximum absolute atomic E-state index is 13.8. The molecule has 2 atom stereocenters. The minimum Gasteiger partial charge on any atom is -0.508 e. The number of alkyl carbamates (subject to hydrolysis) is 1. The van der Waals surface area contributed by atoms with Gasteiger partial charge in [0.25, 0.3) is 0 Å². The lowest BCUT2D eigenvalue weighted by Gasteiger charge is -2.34. The van der Waals surface area contributed by atoms with Gasteiger partial charge in [-0.1, -0.05) is 44.7 Å². The molecule has 0 saturated heterocycles. The maximum atomic E-state index is 13.8. The van der Waals surface area contributed by atoms with E-state index in [1.165, 1.54) is 24.1 Å². The third-order valence-corrected chi connectivity index (χ3v) is 5.70. The molecular weight excluding hydrogens is 498 g/mol. The lowest BCUT2D eigenvalue weighted by Crippen LogP contribution is -2.54. The number of nitrogens with one attached hydrogen (secondary N) is 2. The minimum absolute atomic E-state index is 0.0407. The van der Waals surface area contributed by atoms with E-state index >= 15 is 0 Å². The summed E-state index contributed by atoms with van der Waals surface area (Å²) in [5, 5.41) is 15.1. The lowest BCUT2D eigenvalue weighted by molar-refractivity contribution is -0.144. The van der Waals surface area contributed by atoms with Crippen molar-refractivity contribution in [3.63, 3.8) is 0 Å². The Kier molecular flexibility index (Phi) is 13.9. The molecule has 0 aliphatic heterocycles. The summed E-state index contributed by atoms with van der Waals surface area (Å²) in [6.45, 7) is 7.02. The van der Waals surface area contributed by atoms with E-state index in [9.17, 15) is 24.3 Å². The fraction of sp³-hybridized carbons (Fsp3) is 0.615. The number of aromatic hydroxyl groups is 1. The van der Waals surface area contributed by atoms with Gasteiger partial charge in [-0.25, -0.2) is 4.79 Å². The van der Waals surface area contributed by atoms with E-state index < -0.39 is 48.1 Å². The molecule has 3 amide bonds. The SMILES string of the molecule is CCCCCCCN(C(=O)C(CS)NC(=O)OC(C)(C)C)C(C(=O)NCC(=O)OC)c1cccc(O)c1. The van der Waals surface area contributed by atoms with E-state index in [0.717, 1.165) is 25.7 Å². The molecule has 0 aromatic heterocycles. The first-order valence-electron chi connectivity index (χ1n) is 12.5. The van der Waals surface area contributed by atoms with E-state index in [4.69, 9.17) is 4.74 Å². The number of methoxy groups -OCH3 is 1. The van der Waals surface area contributed by atoms with E-state index in [2.05, 4.69) is 34.9 Å². The van der Waals surface area contributed by atoms with Crippen molar-refractivity contribution < 1.29 is 33.8 Å². The maximum Gasteiger partial charge on any atom is 0.408 e. The van der Waals surface area contributed by atoms with Gasteiger partial charge < -0.3 is 30.1 Å². The molecule has 2 unspecified atom stereocenters. The molecule has 0 bridgehead atoms. The number of hydrogen-bond acceptors (Lipinski definition) is 8. The summed E-state index contributed by atoms with van der Waals surface area (Å²) in [6, 6.07) is 3.74. The monoisotopic (exact) mass is 539 g/mol. The summed E-state index contributed by atoms with van der Waals surface area (Å²) in [7, 11) is 1.20. The molecule has 208 valence electrons. The smallest absolute Gasteiger partial charge is 0.408 e. The van der Waals surface area contributed by atoms with Gasteiger partial charge in [0.15, 0.2) is 0 Å². The third-order valence-electron chi connectivity index (χ3n) is 5.34. The fourth-order valence-corrected chi connectivity index (χ4v) is 3.83. The van der Waals surface area contributed by atoms with Crippen LogP contribution in [-0.4, -0.2) is 71.5 Å². The van der Waals surface area contributed by atoms with Gasteiger partial charge in [-0.15, -0.1) is 0 Å². The molecule has 0 aliphatic rings. The molecule has 0 saturated carbocycles. The van der Waals surface area contributed by atoms with Crippen LogP contribution < -0.4 is 10.6 Å². The summed E-state index contributed by atoms with van der Waals surface area (Å²) >= 11 is 4.26. The van der Waals surface area contributed by atoms with E-state index in [1.54, 1.807) is 32.9 Å². The summed E-state index contributed by atoms with van der Waals surface area (Å²) < 4.78 is 9.90. The van der Waals surface area contributed by atoms with Gasteiger partial charge in [-0.2, -0.15) is 12.6 Å². The summed E-state index contributed by atoms with van der Waals surface area (Å²) in [4.78, 5) is 52.6. The number of rotatable bonds is 14. The number of phenols is 1. The third kappa shape index (κ3) is 11.8. The van der Waals surface area contributed by atoms with Gasteiger partial charge in [0.05, 0.1) is 7.11 Å². The number of hydrogen-bond donors (Lipinski definition) is 4. The standard InChI is InChI=1S/C26H41N3O7S/c1-6-7-8-9-10-14-29(24(33)20(17-37)28-25(34)36-26(2,3)4)22(18-12-11-13-19(30)15-18)23(32)27-16-21(31)35-5/h11-13,15,20,22,30,37H,6-10,14,16-17H2,1-5H3,(H,27,32)(H,28,34). The van der Waals surface area contributed by atoms with Crippen LogP contribution in [-0.2, 0) is 23.9 Å². The Labute approximate surface area is 224 Å². The molecule has 10 nitrogen and oxygen atoms in total. The summed E-state index contributed by atoms with van der Waals surface area (Å²) in [6.07, 6.45) is 3.72. The van der Waals surface area contributed by atoms with Crippen molar-refractivity contribution in [1.82, 2.24) is 15.5 Å². The number of phenolic OH excluding ortho intramolecular Hbond substituents is 1. The first-order chi connectivity index (χ1) is 17.4. The molecule has 11 heteroatoms. The number of ether oxygens (including phenoxy) is 2. The van der Waals surface area contributed by atoms with Crippen molar-refractivity contribution >= 4 is 36.5 Å². The molecule has 3 N–H and O–H groups in total. The molecule has 1 aromatic carbocycles. The molecular formula is C26H41N3O7S. The van der Waals surface area contributed by atoms with Crippen LogP contribution in [0.4, 0.5) is 4.79 Å². The van der Waals surface area contributed by atoms with Crippen LogP contribution in [0.2, 0.25) is 0 Å². The number of nitrogens with zero attached hydrogens (tertiary/aromatic N) is 1. The molecule has 0 radical (unpaired) electrons. The normalized spacial score (nSPS) is 12.7. The summed E-state index contributed by atoms with van der Waals surface area (Å²) in [5.74, 6) is -1.96. The Morgan fingerprint density at radius 1 is 1.11 bits per heavy atom. The molecule has 0 fully saturated rings. The van der Waals surface area contributed by atoms with Crippen LogP contribution in [0.1, 0.15) is 71.4 Å². The van der Waals surface area contributed by atoms with E-state index in [1.807, 2.05) is 0 Å². The number of benzene rings is 1. The van der Waals surface area contributed by atoms with Crippen LogP contribution in [0.15, 0.2) is 24.3 Å². The van der Waals surface area contributed by atoms with Crippen LogP contribution in [0, 0.1) is 0 Å². The first-order valence-corrected chi connectivity index (χ1v) is 13.1. The number of carbonyl (C=O) groups excluding carboxylic acids is 4. The van der Waals surface area contributed by atoms with E-state index in [-0.39, 0.29) is 18.0 Å². The summed E-state index contributed by atoms with van der Waals surface area (Å²) in [5.41, 5.74) is -0.426. The number of carbonyl (C=O) groups is 4. The largest absolute Gasteiger partial charge is 0.508 e. The van der Waals surface area contributed by atoms with Crippen LogP contribution in [0.3, 0.4) is 0 Å². The van der Waals surface area contributed by atoms with Gasteiger partial charge in [0, 0.05) is 12.3 Å². The zero-order valence-corrected chi connectivity index (χ0v) is 23.3. The van der Waals surface area contributed by atoms with Crippen molar-refractivity contribution in [3.05, 3.63) is 29.8 Å². The molecule has 1 aromatic rings. The Hall–Kier alpha value is -2.95. The van der Waals surface area contributed by atoms with E-state index in [0.29, 0.717) is 12.0 Å². The number of esters is 1. The Morgan fingerprint density at radius 2 is 1.78 bits per heavy atom. The van der Waals surface area contributed by atoms with Gasteiger partial charge in [-0.3, -0.25) is 14.4 Å². The molecule has 0 heterocycles. The number of amides is 3. The van der Waals surface area contributed by atoms with Crippen molar-refractivity contribution in [1.29, 1.82) is 0 Å². The van der Waals surface area contributed by atoms with Crippen molar-refractivity contribution in [2.24, 2.45) is 0 Å². The number of thiol groups is 1. The van der Waals surface area contributed by atoms with Crippen LogP contribution in [0.25, 0.3) is 0 Å². The van der Waals surface area contributed by atoms with Crippen molar-refractivity contribution in [2.75, 3.05) is 26.0 Å². The quantitative estimate of drug-likeness (QED) is 0.162. The topological polar surface area (TPSA) is 134 Å². The Bertz CT molecular complexity index is 904. The van der Waals surface area contributed by atoms with Gasteiger partial charge in [0.1, 0.15) is 30.0 Å². The van der Waals surface area contributed by atoms with Gasteiger partial charge >= 0.3 is 12.1 Å². The zero-order valence-electron chi connectivity index (χ0n) is 22.4. The average Bonchev–Trinajstić information content (AvgIpc) is 2.83. The molecule has 37 heavy (non-hydrogen) atoms. The fourth-order valence-electron chi connectivity index (χ4n) is 3.58. The zero-order chi connectivity index (χ0) is 28.0. The van der Waals surface area contributed by atoms with Gasteiger partial charge in [-0.05, 0) is 44.9 Å². The van der Waals surface area contributed by atoms with Crippen molar-refractivity contribution in [3.8, 4) is 5.75 Å². The Morgan fingerprint density at radius 3 is 2.35 bits per heavy atom. The lowest BCUT2D eigenvalue weighted by atomic mass is 10.0. The Balaban J connectivity index is 3.35. The van der Waals surface area contributed by atoms with Crippen LogP contribution in [0.5, 0.6) is 5.75 Å². The predicted molar refractivity (Wildman–Crippen MR) is 143 cm³/mol. The predicted octanol–water partition coefficient (Wildman–Crippen LogP) is 3.34. The highest BCUT2D eigenvalue weighted by molar-refractivity contribution is 7.80. The second-order valence-corrected chi connectivity index (χ2v) is 9.98. The second kappa shape index (κ2) is 16.0. The first kappa shape index (κ1) is 32.1. The highest BCUT2D eigenvalue weighted by atomic mass is 32.1.